The van der Waals surface area contributed by atoms with E-state index in [4.69, 9.17) is 9.47 Å². The Bertz CT molecular complexity index is 566. The Morgan fingerprint density at radius 3 is 2.50 bits per heavy atom. The second-order valence-electron chi connectivity index (χ2n) is 7.25. The largest absolute Gasteiger partial charge is 0.487 e. The van der Waals surface area contributed by atoms with E-state index >= 15 is 0 Å². The Morgan fingerprint density at radius 1 is 1.19 bits per heavy atom. The van der Waals surface area contributed by atoms with Gasteiger partial charge in [-0.1, -0.05) is 45.6 Å². The molecule has 0 radical (unpaired) electrons. The SMILES string of the molecule is C=COc1ccc(OCC(F)(F)CC2CCC(CCCC)CC2)cc1F. The fourth-order valence-corrected chi connectivity index (χ4v) is 3.64. The van der Waals surface area contributed by atoms with Crippen LogP contribution >= 0.6 is 0 Å². The Kier molecular flexibility index (Phi) is 7.85. The molecule has 0 spiro atoms. The second kappa shape index (κ2) is 9.89. The number of halogens is 3. The van der Waals surface area contributed by atoms with Crippen molar-refractivity contribution in [1.29, 1.82) is 0 Å². The van der Waals surface area contributed by atoms with Crippen molar-refractivity contribution >= 4 is 0 Å². The van der Waals surface area contributed by atoms with E-state index in [1.807, 2.05) is 0 Å². The fraction of sp³-hybridized carbons (Fsp3) is 0.619. The van der Waals surface area contributed by atoms with E-state index in [1.54, 1.807) is 0 Å². The first-order valence-corrected chi connectivity index (χ1v) is 9.51. The van der Waals surface area contributed by atoms with Crippen molar-refractivity contribution in [3.8, 4) is 11.5 Å². The highest BCUT2D eigenvalue weighted by atomic mass is 19.3. The van der Waals surface area contributed by atoms with Crippen LogP contribution in [0.3, 0.4) is 0 Å². The van der Waals surface area contributed by atoms with E-state index in [1.165, 1.54) is 31.4 Å². The third-order valence-electron chi connectivity index (χ3n) is 5.08. The van der Waals surface area contributed by atoms with Crippen LogP contribution in [0.4, 0.5) is 13.2 Å². The second-order valence-corrected chi connectivity index (χ2v) is 7.25. The van der Waals surface area contributed by atoms with Gasteiger partial charge in [0.15, 0.2) is 18.2 Å². The maximum absolute atomic E-state index is 14.2. The van der Waals surface area contributed by atoms with Crippen molar-refractivity contribution in [3.63, 3.8) is 0 Å². The smallest absolute Gasteiger partial charge is 0.281 e. The van der Waals surface area contributed by atoms with Crippen molar-refractivity contribution in [1.82, 2.24) is 0 Å². The Labute approximate surface area is 154 Å². The minimum Gasteiger partial charge on any atom is -0.487 e. The van der Waals surface area contributed by atoms with Crippen molar-refractivity contribution in [2.45, 2.75) is 64.2 Å². The van der Waals surface area contributed by atoms with E-state index in [0.717, 1.165) is 38.0 Å². The van der Waals surface area contributed by atoms with E-state index < -0.39 is 18.3 Å². The highest BCUT2D eigenvalue weighted by molar-refractivity contribution is 5.33. The number of hydrogen-bond acceptors (Lipinski definition) is 2. The summed E-state index contributed by atoms with van der Waals surface area (Å²) in [5.41, 5.74) is 0. The van der Waals surface area contributed by atoms with Gasteiger partial charge in [-0.25, -0.2) is 13.2 Å². The molecule has 0 heterocycles. The van der Waals surface area contributed by atoms with E-state index in [0.29, 0.717) is 5.92 Å². The number of ether oxygens (including phenoxy) is 2. The van der Waals surface area contributed by atoms with Crippen molar-refractivity contribution < 1.29 is 22.6 Å². The van der Waals surface area contributed by atoms with Crippen LogP contribution in [-0.4, -0.2) is 12.5 Å². The van der Waals surface area contributed by atoms with E-state index in [2.05, 4.69) is 13.5 Å². The Hall–Kier alpha value is -1.65. The Balaban J connectivity index is 1.78. The van der Waals surface area contributed by atoms with Crippen LogP contribution < -0.4 is 9.47 Å². The van der Waals surface area contributed by atoms with Crippen molar-refractivity contribution in [2.24, 2.45) is 11.8 Å². The molecular formula is C21H29F3O2. The zero-order valence-electron chi connectivity index (χ0n) is 15.5. The van der Waals surface area contributed by atoms with Gasteiger partial charge in [0, 0.05) is 12.5 Å². The molecule has 0 bridgehead atoms. The molecule has 1 fully saturated rings. The maximum Gasteiger partial charge on any atom is 0.281 e. The molecule has 26 heavy (non-hydrogen) atoms. The summed E-state index contributed by atoms with van der Waals surface area (Å²) in [6.07, 6.45) is 8.42. The molecule has 0 aliphatic heterocycles. The number of alkyl halides is 2. The summed E-state index contributed by atoms with van der Waals surface area (Å²) in [6, 6.07) is 3.80. The molecule has 0 unspecified atom stereocenters. The Morgan fingerprint density at radius 2 is 1.88 bits per heavy atom. The minimum absolute atomic E-state index is 0.0149. The summed E-state index contributed by atoms with van der Waals surface area (Å²) in [7, 11) is 0. The van der Waals surface area contributed by atoms with Gasteiger partial charge in [-0.2, -0.15) is 0 Å². The van der Waals surface area contributed by atoms with Crippen LogP contribution in [0.2, 0.25) is 0 Å². The zero-order chi connectivity index (χ0) is 19.0. The number of benzene rings is 1. The third kappa shape index (κ3) is 6.58. The van der Waals surface area contributed by atoms with Gasteiger partial charge in [-0.15, -0.1) is 0 Å². The predicted molar refractivity (Wildman–Crippen MR) is 97.3 cm³/mol. The van der Waals surface area contributed by atoms with Gasteiger partial charge in [-0.05, 0) is 36.8 Å². The maximum atomic E-state index is 14.2. The van der Waals surface area contributed by atoms with Gasteiger partial charge >= 0.3 is 0 Å². The molecular weight excluding hydrogens is 341 g/mol. The quantitative estimate of drug-likeness (QED) is 0.424. The monoisotopic (exact) mass is 370 g/mol. The molecule has 1 aliphatic carbocycles. The summed E-state index contributed by atoms with van der Waals surface area (Å²) in [6.45, 7) is 4.79. The molecule has 1 saturated carbocycles. The highest BCUT2D eigenvalue weighted by Crippen LogP contribution is 2.37. The lowest BCUT2D eigenvalue weighted by Gasteiger charge is -2.30. The molecule has 0 saturated heterocycles. The summed E-state index contributed by atoms with van der Waals surface area (Å²) >= 11 is 0. The average Bonchev–Trinajstić information content (AvgIpc) is 2.61. The molecule has 0 atom stereocenters. The minimum atomic E-state index is -2.91. The number of rotatable bonds is 10. The lowest BCUT2D eigenvalue weighted by molar-refractivity contribution is -0.0643. The van der Waals surface area contributed by atoms with Gasteiger partial charge in [-0.3, -0.25) is 0 Å². The molecule has 1 aromatic rings. The first-order valence-electron chi connectivity index (χ1n) is 9.51. The zero-order valence-corrected chi connectivity index (χ0v) is 15.5. The molecule has 146 valence electrons. The van der Waals surface area contributed by atoms with Crippen molar-refractivity contribution in [2.75, 3.05) is 6.61 Å². The fourth-order valence-electron chi connectivity index (χ4n) is 3.64. The topological polar surface area (TPSA) is 18.5 Å². The van der Waals surface area contributed by atoms with E-state index in [-0.39, 0.29) is 23.8 Å². The first kappa shape index (κ1) is 20.7. The van der Waals surface area contributed by atoms with Crippen molar-refractivity contribution in [3.05, 3.63) is 36.9 Å². The third-order valence-corrected chi connectivity index (χ3v) is 5.08. The molecule has 0 amide bonds. The van der Waals surface area contributed by atoms with Gasteiger partial charge in [0.05, 0.1) is 6.26 Å². The number of unbranched alkanes of at least 4 members (excludes halogenated alkanes) is 1. The summed E-state index contributed by atoms with van der Waals surface area (Å²) in [4.78, 5) is 0. The summed E-state index contributed by atoms with van der Waals surface area (Å²) in [5.74, 6) is -2.77. The average molecular weight is 370 g/mol. The molecule has 5 heteroatoms. The molecule has 2 nitrogen and oxygen atoms in total. The van der Waals surface area contributed by atoms with Crippen LogP contribution in [0, 0.1) is 17.7 Å². The number of hydrogen-bond donors (Lipinski definition) is 0. The lowest BCUT2D eigenvalue weighted by atomic mass is 9.78. The van der Waals surface area contributed by atoms with Gasteiger partial charge in [0.25, 0.3) is 5.92 Å². The van der Waals surface area contributed by atoms with Crippen LogP contribution in [0.1, 0.15) is 58.3 Å². The van der Waals surface area contributed by atoms with Crippen LogP contribution in [0.25, 0.3) is 0 Å². The van der Waals surface area contributed by atoms with Gasteiger partial charge < -0.3 is 9.47 Å². The van der Waals surface area contributed by atoms with Crippen LogP contribution in [-0.2, 0) is 0 Å². The van der Waals surface area contributed by atoms with Crippen LogP contribution in [0.15, 0.2) is 31.0 Å². The predicted octanol–water partition coefficient (Wildman–Crippen LogP) is 6.75. The normalized spacial score (nSPS) is 20.6. The van der Waals surface area contributed by atoms with Gasteiger partial charge in [0.2, 0.25) is 0 Å². The molecule has 2 rings (SSSR count). The molecule has 1 aliphatic rings. The van der Waals surface area contributed by atoms with Gasteiger partial charge in [0.1, 0.15) is 5.75 Å². The summed E-state index contributed by atoms with van der Waals surface area (Å²) < 4.78 is 52.2. The van der Waals surface area contributed by atoms with Crippen LogP contribution in [0.5, 0.6) is 11.5 Å². The lowest BCUT2D eigenvalue weighted by Crippen LogP contribution is -2.30. The highest BCUT2D eigenvalue weighted by Gasteiger charge is 2.35. The van der Waals surface area contributed by atoms with E-state index in [9.17, 15) is 13.2 Å². The first-order chi connectivity index (χ1) is 12.4. The molecule has 0 aromatic heterocycles. The summed E-state index contributed by atoms with van der Waals surface area (Å²) in [5, 5.41) is 0. The molecule has 0 N–H and O–H groups in total. The molecule has 1 aromatic carbocycles. The standard InChI is InChI=1S/C21H29F3O2/c1-3-5-6-16-7-9-17(10-8-16)14-21(23,24)15-26-18-11-12-20(25-4-2)19(22)13-18/h4,11-13,16-17H,2-3,5-10,14-15H2,1H3.